The molecule has 0 saturated carbocycles. The number of benzene rings is 1. The lowest BCUT2D eigenvalue weighted by Gasteiger charge is -2.35. The van der Waals surface area contributed by atoms with Gasteiger partial charge in [0.25, 0.3) is 0 Å². The second kappa shape index (κ2) is 13.0. The van der Waals surface area contributed by atoms with Crippen LogP contribution in [0.4, 0.5) is 4.79 Å². The van der Waals surface area contributed by atoms with E-state index < -0.39 is 0 Å². The molecule has 0 spiro atoms. The summed E-state index contributed by atoms with van der Waals surface area (Å²) in [6.45, 7) is 6.45. The number of hydrogen-bond donors (Lipinski definition) is 2. The van der Waals surface area contributed by atoms with Crippen molar-refractivity contribution in [3.05, 3.63) is 35.9 Å². The summed E-state index contributed by atoms with van der Waals surface area (Å²) >= 11 is 0. The second-order valence-electron chi connectivity index (χ2n) is 7.94. The average molecular weight is 529 g/mol. The molecule has 2 aliphatic heterocycles. The molecule has 1 aromatic rings. The van der Waals surface area contributed by atoms with E-state index in [9.17, 15) is 4.79 Å². The van der Waals surface area contributed by atoms with E-state index in [1.165, 1.54) is 24.8 Å². The number of carbonyl (C=O) groups is 1. The van der Waals surface area contributed by atoms with Crippen LogP contribution in [0.1, 0.15) is 44.6 Å². The van der Waals surface area contributed by atoms with Gasteiger partial charge in [0.2, 0.25) is 0 Å². The normalized spacial score (nSPS) is 21.0. The summed E-state index contributed by atoms with van der Waals surface area (Å²) in [6, 6.07) is 11.3. The Balaban J connectivity index is 0.00000320. The van der Waals surface area contributed by atoms with Crippen molar-refractivity contribution in [2.45, 2.75) is 57.7 Å². The number of nitrogens with zero attached hydrogens (tertiary/aromatic N) is 3. The third-order valence-electron chi connectivity index (χ3n) is 5.82. The molecule has 2 fully saturated rings. The Labute approximate surface area is 197 Å². The summed E-state index contributed by atoms with van der Waals surface area (Å²) in [4.78, 5) is 20.7. The minimum Gasteiger partial charge on any atom is -0.450 e. The summed E-state index contributed by atoms with van der Waals surface area (Å²) in [5.41, 5.74) is 7.53. The first-order chi connectivity index (χ1) is 14.2. The Morgan fingerprint density at radius 1 is 1.17 bits per heavy atom. The molecule has 168 valence electrons. The van der Waals surface area contributed by atoms with Gasteiger partial charge in [-0.3, -0.25) is 9.89 Å². The highest BCUT2D eigenvalue weighted by atomic mass is 127. The summed E-state index contributed by atoms with van der Waals surface area (Å²) in [6.07, 6.45) is 5.17. The van der Waals surface area contributed by atoms with Crippen molar-refractivity contribution in [3.63, 3.8) is 0 Å². The molecule has 2 saturated heterocycles. The van der Waals surface area contributed by atoms with Gasteiger partial charge in [-0.1, -0.05) is 36.8 Å². The molecule has 0 bridgehead atoms. The SMILES string of the molecule is CCOC(=O)N1CCC(NC(N)=NCC2CCCCN2Cc2ccccc2)CC1.I. The van der Waals surface area contributed by atoms with Gasteiger partial charge in [0.15, 0.2) is 5.96 Å². The van der Waals surface area contributed by atoms with Gasteiger partial charge in [-0.15, -0.1) is 24.0 Å². The standard InChI is InChI=1S/C22H35N5O2.HI/c1-2-29-22(28)26-14-11-19(12-15-26)25-21(23)24-16-20-10-6-7-13-27(20)17-18-8-4-3-5-9-18;/h3-5,8-9,19-20H,2,6-7,10-17H2,1H3,(H3,23,24,25);1H. The molecule has 2 heterocycles. The Morgan fingerprint density at radius 2 is 1.90 bits per heavy atom. The van der Waals surface area contributed by atoms with E-state index in [1.807, 2.05) is 6.92 Å². The highest BCUT2D eigenvalue weighted by Crippen LogP contribution is 2.20. The minimum absolute atomic E-state index is 0. The van der Waals surface area contributed by atoms with Gasteiger partial charge >= 0.3 is 6.09 Å². The van der Waals surface area contributed by atoms with Crippen LogP contribution in [0, 0.1) is 0 Å². The van der Waals surface area contributed by atoms with Gasteiger partial charge in [-0.25, -0.2) is 4.79 Å². The Morgan fingerprint density at radius 3 is 2.60 bits per heavy atom. The van der Waals surface area contributed by atoms with E-state index in [0.717, 1.165) is 32.5 Å². The molecular weight excluding hydrogens is 493 g/mol. The first kappa shape index (κ1) is 24.7. The number of likely N-dealkylation sites (tertiary alicyclic amines) is 2. The van der Waals surface area contributed by atoms with E-state index in [0.29, 0.717) is 31.7 Å². The van der Waals surface area contributed by atoms with Gasteiger partial charge in [0.05, 0.1) is 13.2 Å². The molecule has 1 atom stereocenters. The summed E-state index contributed by atoms with van der Waals surface area (Å²) in [5, 5.41) is 3.34. The van der Waals surface area contributed by atoms with Crippen LogP contribution < -0.4 is 11.1 Å². The largest absolute Gasteiger partial charge is 0.450 e. The maximum atomic E-state index is 11.8. The van der Waals surface area contributed by atoms with E-state index in [2.05, 4.69) is 45.5 Å². The fourth-order valence-corrected chi connectivity index (χ4v) is 4.17. The van der Waals surface area contributed by atoms with Crippen LogP contribution in [0.3, 0.4) is 0 Å². The number of carbonyl (C=O) groups excluding carboxylic acids is 1. The molecule has 1 unspecified atom stereocenters. The topological polar surface area (TPSA) is 83.2 Å². The molecule has 3 rings (SSSR count). The van der Waals surface area contributed by atoms with Crippen molar-refractivity contribution in [1.82, 2.24) is 15.1 Å². The molecule has 0 radical (unpaired) electrons. The van der Waals surface area contributed by atoms with E-state index in [1.54, 1.807) is 4.90 Å². The average Bonchev–Trinajstić information content (AvgIpc) is 2.74. The van der Waals surface area contributed by atoms with Crippen LogP contribution in [0.15, 0.2) is 35.3 Å². The van der Waals surface area contributed by atoms with Crippen molar-refractivity contribution < 1.29 is 9.53 Å². The quantitative estimate of drug-likeness (QED) is 0.336. The number of halogens is 1. The lowest BCUT2D eigenvalue weighted by atomic mass is 10.0. The maximum Gasteiger partial charge on any atom is 0.409 e. The zero-order valence-electron chi connectivity index (χ0n) is 18.0. The summed E-state index contributed by atoms with van der Waals surface area (Å²) < 4.78 is 5.07. The number of aliphatic imine (C=N–C) groups is 1. The molecule has 0 aliphatic carbocycles. The van der Waals surface area contributed by atoms with Gasteiger partial charge in [0, 0.05) is 31.7 Å². The van der Waals surface area contributed by atoms with Crippen LogP contribution in [0.5, 0.6) is 0 Å². The molecule has 3 N–H and O–H groups in total. The molecule has 1 aromatic carbocycles. The number of nitrogens with one attached hydrogen (secondary N) is 1. The Hall–Kier alpha value is -1.55. The molecule has 30 heavy (non-hydrogen) atoms. The van der Waals surface area contributed by atoms with Gasteiger partial charge in [-0.05, 0) is 44.7 Å². The molecule has 1 amide bonds. The van der Waals surface area contributed by atoms with Gasteiger partial charge in [-0.2, -0.15) is 0 Å². The molecular formula is C22H36IN5O2. The number of nitrogens with two attached hydrogens (primary N) is 1. The lowest BCUT2D eigenvalue weighted by molar-refractivity contribution is 0.0963. The van der Waals surface area contributed by atoms with E-state index in [-0.39, 0.29) is 36.1 Å². The lowest BCUT2D eigenvalue weighted by Crippen LogP contribution is -2.49. The smallest absolute Gasteiger partial charge is 0.409 e. The summed E-state index contributed by atoms with van der Waals surface area (Å²) in [5.74, 6) is 0.518. The monoisotopic (exact) mass is 529 g/mol. The van der Waals surface area contributed by atoms with Gasteiger partial charge < -0.3 is 20.7 Å². The zero-order valence-corrected chi connectivity index (χ0v) is 20.3. The third kappa shape index (κ3) is 7.61. The number of ether oxygens (including phenoxy) is 1. The number of amides is 1. The fraction of sp³-hybridized carbons (Fsp3) is 0.636. The third-order valence-corrected chi connectivity index (χ3v) is 5.82. The highest BCUT2D eigenvalue weighted by molar-refractivity contribution is 14.0. The van der Waals surface area contributed by atoms with Crippen molar-refractivity contribution in [3.8, 4) is 0 Å². The van der Waals surface area contributed by atoms with E-state index >= 15 is 0 Å². The number of rotatable bonds is 6. The van der Waals surface area contributed by atoms with Crippen LogP contribution in [-0.4, -0.2) is 66.7 Å². The van der Waals surface area contributed by atoms with Gasteiger partial charge in [0.1, 0.15) is 0 Å². The maximum absolute atomic E-state index is 11.8. The minimum atomic E-state index is -0.219. The van der Waals surface area contributed by atoms with Crippen molar-refractivity contribution in [2.75, 3.05) is 32.8 Å². The predicted molar refractivity (Wildman–Crippen MR) is 131 cm³/mol. The number of guanidine groups is 1. The van der Waals surface area contributed by atoms with Crippen LogP contribution in [0.25, 0.3) is 0 Å². The van der Waals surface area contributed by atoms with E-state index in [4.69, 9.17) is 10.5 Å². The van der Waals surface area contributed by atoms with Crippen LogP contribution >= 0.6 is 24.0 Å². The number of hydrogen-bond acceptors (Lipinski definition) is 4. The van der Waals surface area contributed by atoms with Crippen molar-refractivity contribution in [1.29, 1.82) is 0 Å². The molecule has 8 heteroatoms. The Bertz CT molecular complexity index is 665. The molecule has 2 aliphatic rings. The van der Waals surface area contributed by atoms with Crippen molar-refractivity contribution in [2.24, 2.45) is 10.7 Å². The Kier molecular flexibility index (Phi) is 10.7. The van der Waals surface area contributed by atoms with Crippen molar-refractivity contribution >= 4 is 36.0 Å². The summed E-state index contributed by atoms with van der Waals surface area (Å²) in [7, 11) is 0. The first-order valence-electron chi connectivity index (χ1n) is 10.9. The zero-order chi connectivity index (χ0) is 20.5. The molecule has 0 aromatic heterocycles. The number of piperidine rings is 2. The fourth-order valence-electron chi connectivity index (χ4n) is 4.17. The van der Waals surface area contributed by atoms with Crippen LogP contribution in [-0.2, 0) is 11.3 Å². The second-order valence-corrected chi connectivity index (χ2v) is 7.94. The van der Waals surface area contributed by atoms with Crippen LogP contribution in [0.2, 0.25) is 0 Å². The first-order valence-corrected chi connectivity index (χ1v) is 10.9. The predicted octanol–water partition coefficient (Wildman–Crippen LogP) is 3.18. The highest BCUT2D eigenvalue weighted by Gasteiger charge is 2.25. The molecule has 7 nitrogen and oxygen atoms in total.